The summed E-state index contributed by atoms with van der Waals surface area (Å²) in [5.74, 6) is -0.614. The minimum absolute atomic E-state index is 0.0168. The maximum Gasteiger partial charge on any atom is 0.264 e. The monoisotopic (exact) mass is 661 g/mol. The Bertz CT molecular complexity index is 1740. The fourth-order valence-electron chi connectivity index (χ4n) is 5.06. The molecule has 0 radical (unpaired) electrons. The number of benzene rings is 4. The van der Waals surface area contributed by atoms with Gasteiger partial charge in [0.25, 0.3) is 10.0 Å². The van der Waals surface area contributed by atoms with Crippen LogP contribution in [0.3, 0.4) is 0 Å². The third-order valence-electron chi connectivity index (χ3n) is 7.73. The quantitative estimate of drug-likeness (QED) is 0.169. The molecule has 0 aromatic heterocycles. The third-order valence-corrected chi connectivity index (χ3v) is 9.74. The van der Waals surface area contributed by atoms with E-state index in [-0.39, 0.29) is 41.2 Å². The van der Waals surface area contributed by atoms with Crippen LogP contribution in [0.5, 0.6) is 5.75 Å². The summed E-state index contributed by atoms with van der Waals surface area (Å²) in [5, 5.41) is 3.52. The number of ether oxygens (including phenoxy) is 1. The molecule has 0 spiro atoms. The van der Waals surface area contributed by atoms with Gasteiger partial charge >= 0.3 is 0 Å². The molecule has 2 unspecified atom stereocenters. The van der Waals surface area contributed by atoms with Crippen molar-refractivity contribution in [2.24, 2.45) is 0 Å². The highest BCUT2D eigenvalue weighted by molar-refractivity contribution is 7.92. The van der Waals surface area contributed by atoms with Gasteiger partial charge in [0.1, 0.15) is 18.3 Å². The number of hydrogen-bond acceptors (Lipinski definition) is 5. The second-order valence-electron chi connectivity index (χ2n) is 11.2. The first-order valence-corrected chi connectivity index (χ1v) is 17.0. The summed E-state index contributed by atoms with van der Waals surface area (Å²) in [6.45, 7) is 5.14. The van der Waals surface area contributed by atoms with Gasteiger partial charge in [0.05, 0.1) is 17.7 Å². The van der Waals surface area contributed by atoms with Crippen molar-refractivity contribution in [2.75, 3.05) is 18.0 Å². The molecule has 2 atom stereocenters. The van der Waals surface area contributed by atoms with Gasteiger partial charge in [-0.1, -0.05) is 85.3 Å². The first-order chi connectivity index (χ1) is 22.0. The molecular weight excluding hydrogens is 622 g/mol. The predicted molar refractivity (Wildman–Crippen MR) is 183 cm³/mol. The Morgan fingerprint density at radius 3 is 2.17 bits per heavy atom. The van der Waals surface area contributed by atoms with Crippen LogP contribution in [-0.2, 0) is 32.6 Å². The molecule has 4 rings (SSSR count). The first-order valence-electron chi connectivity index (χ1n) is 15.1. The van der Waals surface area contributed by atoms with Crippen molar-refractivity contribution >= 4 is 39.1 Å². The zero-order chi connectivity index (χ0) is 33.3. The topological polar surface area (TPSA) is 96.0 Å². The van der Waals surface area contributed by atoms with Crippen molar-refractivity contribution in [3.63, 3.8) is 0 Å². The van der Waals surface area contributed by atoms with E-state index < -0.39 is 28.5 Å². The molecule has 0 aliphatic heterocycles. The molecule has 1 N–H and O–H groups in total. The van der Waals surface area contributed by atoms with Crippen LogP contribution in [0.25, 0.3) is 0 Å². The lowest BCUT2D eigenvalue weighted by Gasteiger charge is -2.34. The van der Waals surface area contributed by atoms with Gasteiger partial charge in [-0.25, -0.2) is 8.42 Å². The van der Waals surface area contributed by atoms with E-state index in [0.29, 0.717) is 17.0 Å². The van der Waals surface area contributed by atoms with E-state index in [0.717, 1.165) is 15.4 Å². The molecule has 4 aromatic carbocycles. The molecule has 0 saturated heterocycles. The average molecular weight is 662 g/mol. The fraction of sp³-hybridized carbons (Fsp3) is 0.278. The Kier molecular flexibility index (Phi) is 11.8. The standard InChI is InChI=1S/C36H40ClN3O5S/c1-5-27(3)38-36(42)33(23-28-13-8-6-9-14-28)39(24-29-15-12-16-30(37)22-29)35(41)25-40(32-21-26(2)19-20-34(32)45-4)46(43,44)31-17-10-7-11-18-31/h6-22,27,33H,5,23-25H2,1-4H3,(H,38,42). The number of hydrogen-bond donors (Lipinski definition) is 1. The number of carbonyl (C=O) groups excluding carboxylic acids is 2. The van der Waals surface area contributed by atoms with Crippen molar-refractivity contribution < 1.29 is 22.7 Å². The van der Waals surface area contributed by atoms with Crippen LogP contribution in [0.2, 0.25) is 5.02 Å². The Hall–Kier alpha value is -4.34. The summed E-state index contributed by atoms with van der Waals surface area (Å²) in [6, 6.07) is 28.5. The van der Waals surface area contributed by atoms with Gasteiger partial charge < -0.3 is 15.0 Å². The zero-order valence-corrected chi connectivity index (χ0v) is 28.1. The van der Waals surface area contributed by atoms with Crippen molar-refractivity contribution in [3.05, 3.63) is 125 Å². The minimum Gasteiger partial charge on any atom is -0.495 e. The molecular formula is C36H40ClN3O5S. The van der Waals surface area contributed by atoms with E-state index in [4.69, 9.17) is 16.3 Å². The number of rotatable bonds is 14. The number of sulfonamides is 1. The number of halogens is 1. The molecule has 0 bridgehead atoms. The number of amides is 2. The predicted octanol–water partition coefficient (Wildman–Crippen LogP) is 6.41. The molecule has 0 fully saturated rings. The molecule has 4 aromatic rings. The molecule has 8 nitrogen and oxygen atoms in total. The Balaban J connectivity index is 1.85. The van der Waals surface area contributed by atoms with Gasteiger partial charge in [0.2, 0.25) is 11.8 Å². The van der Waals surface area contributed by atoms with E-state index in [1.165, 1.54) is 24.1 Å². The molecule has 2 amide bonds. The molecule has 0 aliphatic rings. The lowest BCUT2D eigenvalue weighted by molar-refractivity contribution is -0.140. The molecule has 46 heavy (non-hydrogen) atoms. The number of nitrogens with one attached hydrogen (secondary N) is 1. The maximum absolute atomic E-state index is 14.6. The fourth-order valence-corrected chi connectivity index (χ4v) is 6.71. The maximum atomic E-state index is 14.6. The third kappa shape index (κ3) is 8.68. The van der Waals surface area contributed by atoms with Crippen LogP contribution in [-0.4, -0.2) is 50.9 Å². The smallest absolute Gasteiger partial charge is 0.264 e. The Morgan fingerprint density at radius 2 is 1.54 bits per heavy atom. The molecule has 0 heterocycles. The highest BCUT2D eigenvalue weighted by atomic mass is 35.5. The van der Waals surface area contributed by atoms with Crippen LogP contribution in [0.1, 0.15) is 37.0 Å². The van der Waals surface area contributed by atoms with Crippen LogP contribution < -0.4 is 14.4 Å². The Labute approximate surface area is 277 Å². The average Bonchev–Trinajstić information content (AvgIpc) is 3.05. The van der Waals surface area contributed by atoms with E-state index in [1.807, 2.05) is 57.2 Å². The zero-order valence-electron chi connectivity index (χ0n) is 26.5. The van der Waals surface area contributed by atoms with E-state index in [9.17, 15) is 18.0 Å². The summed E-state index contributed by atoms with van der Waals surface area (Å²) >= 11 is 6.32. The largest absolute Gasteiger partial charge is 0.495 e. The lowest BCUT2D eigenvalue weighted by atomic mass is 10.0. The molecule has 0 saturated carbocycles. The van der Waals surface area contributed by atoms with Crippen molar-refractivity contribution in [3.8, 4) is 5.75 Å². The van der Waals surface area contributed by atoms with Crippen LogP contribution in [0.15, 0.2) is 108 Å². The van der Waals surface area contributed by atoms with Crippen LogP contribution in [0.4, 0.5) is 5.69 Å². The number of carbonyl (C=O) groups is 2. The second-order valence-corrected chi connectivity index (χ2v) is 13.5. The van der Waals surface area contributed by atoms with Gasteiger partial charge in [-0.05, 0) is 73.4 Å². The van der Waals surface area contributed by atoms with E-state index in [2.05, 4.69) is 5.32 Å². The summed E-state index contributed by atoms with van der Waals surface area (Å²) in [4.78, 5) is 30.1. The summed E-state index contributed by atoms with van der Waals surface area (Å²) < 4.78 is 35.1. The van der Waals surface area contributed by atoms with E-state index >= 15 is 0 Å². The molecule has 0 aliphatic carbocycles. The number of anilines is 1. The van der Waals surface area contributed by atoms with Crippen LogP contribution >= 0.6 is 11.6 Å². The van der Waals surface area contributed by atoms with Crippen LogP contribution in [0, 0.1) is 6.92 Å². The van der Waals surface area contributed by atoms with Gasteiger partial charge in [-0.15, -0.1) is 0 Å². The normalized spacial score (nSPS) is 12.5. The second kappa shape index (κ2) is 15.8. The SMILES string of the molecule is CCC(C)NC(=O)C(Cc1ccccc1)N(Cc1cccc(Cl)c1)C(=O)CN(c1cc(C)ccc1OC)S(=O)(=O)c1ccccc1. The lowest BCUT2D eigenvalue weighted by Crippen LogP contribution is -2.54. The molecule has 10 heteroatoms. The van der Waals surface area contributed by atoms with Crippen molar-refractivity contribution in [2.45, 2.75) is 57.1 Å². The number of methoxy groups -OCH3 is 1. The van der Waals surface area contributed by atoms with Gasteiger partial charge in [0.15, 0.2) is 0 Å². The summed E-state index contributed by atoms with van der Waals surface area (Å²) in [5.41, 5.74) is 2.54. The highest BCUT2D eigenvalue weighted by Crippen LogP contribution is 2.34. The highest BCUT2D eigenvalue weighted by Gasteiger charge is 2.36. The summed E-state index contributed by atoms with van der Waals surface area (Å²) in [7, 11) is -2.81. The van der Waals surface area contributed by atoms with Gasteiger partial charge in [0, 0.05) is 24.0 Å². The van der Waals surface area contributed by atoms with Gasteiger partial charge in [-0.2, -0.15) is 0 Å². The molecule has 242 valence electrons. The van der Waals surface area contributed by atoms with E-state index in [1.54, 1.807) is 54.6 Å². The van der Waals surface area contributed by atoms with Crippen molar-refractivity contribution in [1.29, 1.82) is 0 Å². The Morgan fingerprint density at radius 1 is 0.891 bits per heavy atom. The van der Waals surface area contributed by atoms with Crippen molar-refractivity contribution in [1.82, 2.24) is 10.2 Å². The number of aryl methyl sites for hydroxylation is 1. The number of nitrogens with zero attached hydrogens (tertiary/aromatic N) is 2. The minimum atomic E-state index is -4.26. The van der Waals surface area contributed by atoms with Gasteiger partial charge in [-0.3, -0.25) is 13.9 Å². The summed E-state index contributed by atoms with van der Waals surface area (Å²) in [6.07, 6.45) is 0.914. The first kappa shape index (κ1) is 34.5.